The summed E-state index contributed by atoms with van der Waals surface area (Å²) in [6.07, 6.45) is 5.88. The van der Waals surface area contributed by atoms with Crippen molar-refractivity contribution in [2.45, 2.75) is 44.6 Å². The van der Waals surface area contributed by atoms with E-state index in [9.17, 15) is 4.79 Å². The average molecular weight is 290 g/mol. The van der Waals surface area contributed by atoms with Gasteiger partial charge in [-0.05, 0) is 49.4 Å². The summed E-state index contributed by atoms with van der Waals surface area (Å²) >= 11 is 0. The lowest BCUT2D eigenvalue weighted by atomic mass is 9.84. The van der Waals surface area contributed by atoms with Gasteiger partial charge in [0.2, 0.25) is 5.91 Å². The zero-order chi connectivity index (χ0) is 15.1. The number of amides is 1. The van der Waals surface area contributed by atoms with Crippen molar-refractivity contribution >= 4 is 5.91 Å². The fourth-order valence-electron chi connectivity index (χ4n) is 3.04. The van der Waals surface area contributed by atoms with Crippen molar-refractivity contribution in [3.8, 4) is 5.75 Å². The van der Waals surface area contributed by atoms with Crippen molar-refractivity contribution in [1.29, 1.82) is 0 Å². The first-order valence-corrected chi connectivity index (χ1v) is 7.85. The van der Waals surface area contributed by atoms with Gasteiger partial charge in [-0.3, -0.25) is 4.79 Å². The molecule has 0 aromatic heterocycles. The maximum Gasteiger partial charge on any atom is 0.220 e. The Morgan fingerprint density at radius 1 is 1.38 bits per heavy atom. The number of benzene rings is 1. The summed E-state index contributed by atoms with van der Waals surface area (Å²) < 4.78 is 5.20. The lowest BCUT2D eigenvalue weighted by Gasteiger charge is -2.31. The Morgan fingerprint density at radius 2 is 2.19 bits per heavy atom. The van der Waals surface area contributed by atoms with Gasteiger partial charge < -0.3 is 15.8 Å². The van der Waals surface area contributed by atoms with E-state index in [0.29, 0.717) is 18.9 Å². The standard InChI is InChI=1S/C17H26N2O2/c1-21-15-7-4-5-13(11-15)9-10-17(20)19-16-8-3-2-6-14(16)12-18/h4-5,7,11,14,16H,2-3,6,8-10,12,18H2,1H3,(H,19,20). The summed E-state index contributed by atoms with van der Waals surface area (Å²) in [6.45, 7) is 0.667. The van der Waals surface area contributed by atoms with Crippen LogP contribution in [0.1, 0.15) is 37.7 Å². The van der Waals surface area contributed by atoms with Gasteiger partial charge in [0.25, 0.3) is 0 Å². The molecule has 116 valence electrons. The average Bonchev–Trinajstić information content (AvgIpc) is 2.53. The quantitative estimate of drug-likeness (QED) is 0.844. The maximum atomic E-state index is 12.1. The van der Waals surface area contributed by atoms with Crippen molar-refractivity contribution in [2.75, 3.05) is 13.7 Å². The number of methoxy groups -OCH3 is 1. The largest absolute Gasteiger partial charge is 0.497 e. The monoisotopic (exact) mass is 290 g/mol. The van der Waals surface area contributed by atoms with Crippen LogP contribution < -0.4 is 15.8 Å². The van der Waals surface area contributed by atoms with Crippen LogP contribution in [-0.2, 0) is 11.2 Å². The normalized spacial score (nSPS) is 21.8. The number of carbonyl (C=O) groups is 1. The fraction of sp³-hybridized carbons (Fsp3) is 0.588. The van der Waals surface area contributed by atoms with Gasteiger partial charge in [-0.2, -0.15) is 0 Å². The Balaban J connectivity index is 1.81. The van der Waals surface area contributed by atoms with Gasteiger partial charge in [-0.15, -0.1) is 0 Å². The van der Waals surface area contributed by atoms with Gasteiger partial charge in [0.15, 0.2) is 0 Å². The Hall–Kier alpha value is -1.55. The zero-order valence-electron chi connectivity index (χ0n) is 12.8. The van der Waals surface area contributed by atoms with E-state index in [2.05, 4.69) is 5.32 Å². The van der Waals surface area contributed by atoms with E-state index in [4.69, 9.17) is 10.5 Å². The highest BCUT2D eigenvalue weighted by molar-refractivity contribution is 5.76. The minimum Gasteiger partial charge on any atom is -0.497 e. The van der Waals surface area contributed by atoms with Crippen LogP contribution in [0.3, 0.4) is 0 Å². The molecule has 2 unspecified atom stereocenters. The molecule has 1 saturated carbocycles. The van der Waals surface area contributed by atoms with E-state index in [1.54, 1.807) is 7.11 Å². The first-order chi connectivity index (χ1) is 10.2. The van der Waals surface area contributed by atoms with E-state index in [0.717, 1.165) is 30.6 Å². The van der Waals surface area contributed by atoms with Crippen molar-refractivity contribution < 1.29 is 9.53 Å². The molecule has 0 bridgehead atoms. The second kappa shape index (κ2) is 8.03. The molecule has 2 rings (SSSR count). The maximum absolute atomic E-state index is 12.1. The highest BCUT2D eigenvalue weighted by Gasteiger charge is 2.24. The predicted molar refractivity (Wildman–Crippen MR) is 84.3 cm³/mol. The molecule has 0 heterocycles. The summed E-state index contributed by atoms with van der Waals surface area (Å²) in [5.41, 5.74) is 6.93. The molecule has 1 amide bonds. The zero-order valence-corrected chi connectivity index (χ0v) is 12.8. The van der Waals surface area contributed by atoms with E-state index >= 15 is 0 Å². The summed E-state index contributed by atoms with van der Waals surface area (Å²) in [7, 11) is 1.65. The molecule has 4 heteroatoms. The number of rotatable bonds is 6. The molecule has 0 radical (unpaired) electrons. The van der Waals surface area contributed by atoms with Crippen molar-refractivity contribution in [2.24, 2.45) is 11.7 Å². The molecular weight excluding hydrogens is 264 g/mol. The Labute approximate surface area is 127 Å². The highest BCUT2D eigenvalue weighted by Crippen LogP contribution is 2.23. The first kappa shape index (κ1) is 15.8. The second-order valence-corrected chi connectivity index (χ2v) is 5.81. The minimum absolute atomic E-state index is 0.128. The summed E-state index contributed by atoms with van der Waals surface area (Å²) in [4.78, 5) is 12.1. The van der Waals surface area contributed by atoms with Crippen LogP contribution in [0.25, 0.3) is 0 Å². The SMILES string of the molecule is COc1cccc(CCC(=O)NC2CCCCC2CN)c1. The number of aryl methyl sites for hydroxylation is 1. The summed E-state index contributed by atoms with van der Waals surface area (Å²) in [5, 5.41) is 3.17. The van der Waals surface area contributed by atoms with E-state index < -0.39 is 0 Å². The first-order valence-electron chi connectivity index (χ1n) is 7.85. The molecule has 1 aromatic rings. The third-order valence-corrected chi connectivity index (χ3v) is 4.33. The molecule has 1 aliphatic carbocycles. The Bertz CT molecular complexity index is 462. The van der Waals surface area contributed by atoms with Gasteiger partial charge in [0.1, 0.15) is 5.75 Å². The molecular formula is C17H26N2O2. The number of ether oxygens (including phenoxy) is 1. The highest BCUT2D eigenvalue weighted by atomic mass is 16.5. The van der Waals surface area contributed by atoms with Crippen LogP contribution in [0.4, 0.5) is 0 Å². The van der Waals surface area contributed by atoms with Crippen molar-refractivity contribution in [3.63, 3.8) is 0 Å². The topological polar surface area (TPSA) is 64.3 Å². The predicted octanol–water partition coefficient (Wildman–Crippen LogP) is 2.26. The minimum atomic E-state index is 0.128. The third-order valence-electron chi connectivity index (χ3n) is 4.33. The fourth-order valence-corrected chi connectivity index (χ4v) is 3.04. The molecule has 3 N–H and O–H groups in total. The van der Waals surface area contributed by atoms with Crippen molar-refractivity contribution in [1.82, 2.24) is 5.32 Å². The molecule has 21 heavy (non-hydrogen) atoms. The molecule has 0 spiro atoms. The Kier molecular flexibility index (Phi) is 6.05. The molecule has 1 fully saturated rings. The van der Waals surface area contributed by atoms with E-state index in [1.165, 1.54) is 12.8 Å². The van der Waals surface area contributed by atoms with Crippen molar-refractivity contribution in [3.05, 3.63) is 29.8 Å². The summed E-state index contributed by atoms with van der Waals surface area (Å²) in [5.74, 6) is 1.41. The molecule has 0 aliphatic heterocycles. The van der Waals surface area contributed by atoms with E-state index in [1.807, 2.05) is 24.3 Å². The molecule has 4 nitrogen and oxygen atoms in total. The van der Waals surface area contributed by atoms with Crippen LogP contribution in [0.5, 0.6) is 5.75 Å². The second-order valence-electron chi connectivity index (χ2n) is 5.81. The molecule has 0 saturated heterocycles. The Morgan fingerprint density at radius 3 is 2.95 bits per heavy atom. The van der Waals surface area contributed by atoms with Gasteiger partial charge in [0, 0.05) is 12.5 Å². The number of hydrogen-bond donors (Lipinski definition) is 2. The van der Waals surface area contributed by atoms with Crippen LogP contribution in [0.15, 0.2) is 24.3 Å². The van der Waals surface area contributed by atoms with Crippen LogP contribution in [0.2, 0.25) is 0 Å². The molecule has 1 aromatic carbocycles. The van der Waals surface area contributed by atoms with E-state index in [-0.39, 0.29) is 11.9 Å². The van der Waals surface area contributed by atoms with Gasteiger partial charge in [-0.1, -0.05) is 25.0 Å². The molecule has 2 atom stereocenters. The lowest BCUT2D eigenvalue weighted by Crippen LogP contribution is -2.44. The number of nitrogens with two attached hydrogens (primary N) is 1. The van der Waals surface area contributed by atoms with Gasteiger partial charge in [-0.25, -0.2) is 0 Å². The number of hydrogen-bond acceptors (Lipinski definition) is 3. The summed E-state index contributed by atoms with van der Waals surface area (Å²) in [6, 6.07) is 8.15. The van der Waals surface area contributed by atoms with Crippen LogP contribution >= 0.6 is 0 Å². The van der Waals surface area contributed by atoms with Gasteiger partial charge >= 0.3 is 0 Å². The smallest absolute Gasteiger partial charge is 0.220 e. The lowest BCUT2D eigenvalue weighted by molar-refractivity contribution is -0.122. The van der Waals surface area contributed by atoms with Gasteiger partial charge in [0.05, 0.1) is 7.11 Å². The van der Waals surface area contributed by atoms with Crippen LogP contribution in [-0.4, -0.2) is 25.6 Å². The van der Waals surface area contributed by atoms with Crippen LogP contribution in [0, 0.1) is 5.92 Å². The third kappa shape index (κ3) is 4.74. The number of carbonyl (C=O) groups excluding carboxylic acids is 1. The molecule has 1 aliphatic rings. The number of nitrogens with one attached hydrogen (secondary N) is 1.